The van der Waals surface area contributed by atoms with Crippen LogP contribution < -0.4 is 19.1 Å². The third-order valence-electron chi connectivity index (χ3n) is 4.69. The van der Waals surface area contributed by atoms with Crippen molar-refractivity contribution in [2.45, 2.75) is 0 Å². The summed E-state index contributed by atoms with van der Waals surface area (Å²) in [5.74, 6) is 1.84. The van der Waals surface area contributed by atoms with E-state index in [1.807, 2.05) is 54.6 Å². The van der Waals surface area contributed by atoms with E-state index in [2.05, 4.69) is 0 Å². The lowest BCUT2D eigenvalue weighted by atomic mass is 10.2. The molecule has 0 N–H and O–H groups in total. The lowest BCUT2D eigenvalue weighted by Gasteiger charge is -2.14. The van der Waals surface area contributed by atoms with Crippen molar-refractivity contribution in [2.75, 3.05) is 25.2 Å². The van der Waals surface area contributed by atoms with E-state index in [9.17, 15) is 4.79 Å². The topological polar surface area (TPSA) is 48.0 Å². The second-order valence-corrected chi connectivity index (χ2v) is 9.03. The number of benzene rings is 3. The number of thiocarbonyl (C=S) groups is 1. The number of para-hydroxylation sites is 2. The van der Waals surface area contributed by atoms with Gasteiger partial charge in [-0.05, 0) is 54.1 Å². The maximum atomic E-state index is 13.0. The molecule has 3 aromatic rings. The van der Waals surface area contributed by atoms with Crippen LogP contribution in [0, 0.1) is 0 Å². The minimum absolute atomic E-state index is 0.177. The van der Waals surface area contributed by atoms with Crippen molar-refractivity contribution in [3.63, 3.8) is 0 Å². The number of halogens is 1. The normalized spacial score (nSPS) is 14.6. The Labute approximate surface area is 206 Å². The molecule has 1 heterocycles. The number of carbonyl (C=O) groups is 1. The molecule has 5 nitrogen and oxygen atoms in total. The van der Waals surface area contributed by atoms with E-state index >= 15 is 0 Å². The van der Waals surface area contributed by atoms with Gasteiger partial charge in [0.15, 0.2) is 15.8 Å². The molecule has 1 fully saturated rings. The molecular weight excluding hydrogens is 478 g/mol. The second kappa shape index (κ2) is 10.7. The van der Waals surface area contributed by atoms with Gasteiger partial charge in [-0.3, -0.25) is 9.69 Å². The van der Waals surface area contributed by atoms with Gasteiger partial charge >= 0.3 is 0 Å². The van der Waals surface area contributed by atoms with Crippen molar-refractivity contribution in [1.29, 1.82) is 0 Å². The Morgan fingerprint density at radius 2 is 1.73 bits per heavy atom. The van der Waals surface area contributed by atoms with Crippen molar-refractivity contribution >= 4 is 57.6 Å². The van der Waals surface area contributed by atoms with Crippen LogP contribution in [0.2, 0.25) is 5.02 Å². The molecule has 0 aromatic heterocycles. The molecule has 0 radical (unpaired) electrons. The predicted molar refractivity (Wildman–Crippen MR) is 138 cm³/mol. The molecule has 0 atom stereocenters. The van der Waals surface area contributed by atoms with E-state index < -0.39 is 0 Å². The summed E-state index contributed by atoms with van der Waals surface area (Å²) in [5.41, 5.74) is 1.49. The van der Waals surface area contributed by atoms with Crippen LogP contribution in [0.15, 0.2) is 77.7 Å². The summed E-state index contributed by atoms with van der Waals surface area (Å²) >= 11 is 12.8. The SMILES string of the molecule is COc1ccccc1OCCOc1cccc(/C=C2\SC(=S)N(c3cccc(Cl)c3)C2=O)c1. The Bertz CT molecular complexity index is 1210. The predicted octanol–water partition coefficient (Wildman–Crippen LogP) is 6.21. The van der Waals surface area contributed by atoms with Crippen molar-refractivity contribution in [3.8, 4) is 17.2 Å². The summed E-state index contributed by atoms with van der Waals surface area (Å²) in [4.78, 5) is 15.0. The number of ether oxygens (including phenoxy) is 3. The lowest BCUT2D eigenvalue weighted by molar-refractivity contribution is -0.113. The second-order valence-electron chi connectivity index (χ2n) is 6.92. The van der Waals surface area contributed by atoms with Crippen molar-refractivity contribution in [2.24, 2.45) is 0 Å². The van der Waals surface area contributed by atoms with Crippen molar-refractivity contribution in [1.82, 2.24) is 0 Å². The van der Waals surface area contributed by atoms with Gasteiger partial charge in [0.05, 0.1) is 17.7 Å². The minimum atomic E-state index is -0.177. The molecule has 1 aliphatic rings. The summed E-state index contributed by atoms with van der Waals surface area (Å²) in [6.07, 6.45) is 1.81. The molecule has 1 amide bonds. The number of hydrogen-bond acceptors (Lipinski definition) is 6. The largest absolute Gasteiger partial charge is 0.493 e. The molecule has 0 unspecified atom stereocenters. The summed E-state index contributed by atoms with van der Waals surface area (Å²) in [6, 6.07) is 22.0. The lowest BCUT2D eigenvalue weighted by Crippen LogP contribution is -2.27. The fraction of sp³-hybridized carbons (Fsp3) is 0.120. The molecule has 3 aromatic carbocycles. The molecule has 0 bridgehead atoms. The van der Waals surface area contributed by atoms with Gasteiger partial charge < -0.3 is 14.2 Å². The fourth-order valence-corrected chi connectivity index (χ4v) is 4.68. The number of methoxy groups -OCH3 is 1. The quantitative estimate of drug-likeness (QED) is 0.209. The molecular formula is C25H20ClNO4S2. The van der Waals surface area contributed by atoms with Gasteiger partial charge in [0, 0.05) is 5.02 Å². The number of anilines is 1. The van der Waals surface area contributed by atoms with E-state index in [-0.39, 0.29) is 5.91 Å². The van der Waals surface area contributed by atoms with Crippen LogP contribution in [-0.2, 0) is 4.79 Å². The van der Waals surface area contributed by atoms with Gasteiger partial charge in [0.1, 0.15) is 19.0 Å². The van der Waals surface area contributed by atoms with Crippen LogP contribution in [0.3, 0.4) is 0 Å². The molecule has 168 valence electrons. The van der Waals surface area contributed by atoms with Gasteiger partial charge in [-0.25, -0.2) is 0 Å². The average Bonchev–Trinajstić information content (AvgIpc) is 3.09. The maximum absolute atomic E-state index is 13.0. The Balaban J connectivity index is 1.39. The first-order chi connectivity index (χ1) is 16.0. The van der Waals surface area contributed by atoms with Crippen LogP contribution in [0.25, 0.3) is 6.08 Å². The third-order valence-corrected chi connectivity index (χ3v) is 6.23. The molecule has 0 spiro atoms. The molecule has 0 saturated carbocycles. The average molecular weight is 498 g/mol. The van der Waals surface area contributed by atoms with E-state index in [4.69, 9.17) is 38.0 Å². The highest BCUT2D eigenvalue weighted by molar-refractivity contribution is 8.27. The maximum Gasteiger partial charge on any atom is 0.270 e. The van der Waals surface area contributed by atoms with Crippen LogP contribution >= 0.6 is 35.6 Å². The standard InChI is InChI=1S/C25H20ClNO4S2/c1-29-21-10-2-3-11-22(21)31-13-12-30-20-9-4-6-17(14-20)15-23-24(28)27(25(32)33-23)19-8-5-7-18(26)16-19/h2-11,14-16H,12-13H2,1H3/b23-15-. The Kier molecular flexibility index (Phi) is 7.54. The first-order valence-electron chi connectivity index (χ1n) is 10.1. The zero-order valence-corrected chi connectivity index (χ0v) is 20.1. The van der Waals surface area contributed by atoms with Gasteiger partial charge in [0.2, 0.25) is 0 Å². The van der Waals surface area contributed by atoms with Crippen LogP contribution in [0.5, 0.6) is 17.2 Å². The van der Waals surface area contributed by atoms with Crippen molar-refractivity contribution in [3.05, 3.63) is 88.3 Å². The van der Waals surface area contributed by atoms with Crippen LogP contribution in [0.1, 0.15) is 5.56 Å². The third kappa shape index (κ3) is 5.68. The molecule has 1 aliphatic heterocycles. The Hall–Kier alpha value is -3.00. The van der Waals surface area contributed by atoms with E-state index in [0.717, 1.165) is 5.56 Å². The molecule has 33 heavy (non-hydrogen) atoms. The highest BCUT2D eigenvalue weighted by Crippen LogP contribution is 2.37. The van der Waals surface area contributed by atoms with E-state index in [0.29, 0.717) is 50.4 Å². The summed E-state index contributed by atoms with van der Waals surface area (Å²) < 4.78 is 17.3. The summed E-state index contributed by atoms with van der Waals surface area (Å²) in [6.45, 7) is 0.723. The van der Waals surface area contributed by atoms with Crippen LogP contribution in [-0.4, -0.2) is 30.6 Å². The zero-order chi connectivity index (χ0) is 23.2. The van der Waals surface area contributed by atoms with Gasteiger partial charge in [0.25, 0.3) is 5.91 Å². The number of nitrogens with zero attached hydrogens (tertiary/aromatic N) is 1. The minimum Gasteiger partial charge on any atom is -0.493 e. The number of amides is 1. The smallest absolute Gasteiger partial charge is 0.270 e. The number of thioether (sulfide) groups is 1. The van der Waals surface area contributed by atoms with Gasteiger partial charge in [-0.2, -0.15) is 0 Å². The molecule has 1 saturated heterocycles. The Morgan fingerprint density at radius 1 is 0.970 bits per heavy atom. The van der Waals surface area contributed by atoms with Crippen molar-refractivity contribution < 1.29 is 19.0 Å². The monoisotopic (exact) mass is 497 g/mol. The molecule has 4 rings (SSSR count). The van der Waals surface area contributed by atoms with Gasteiger partial charge in [-0.15, -0.1) is 0 Å². The Morgan fingerprint density at radius 3 is 2.52 bits per heavy atom. The summed E-state index contributed by atoms with van der Waals surface area (Å²) in [5, 5.41) is 0.546. The highest BCUT2D eigenvalue weighted by atomic mass is 35.5. The molecule has 8 heteroatoms. The number of rotatable bonds is 8. The van der Waals surface area contributed by atoms with Gasteiger partial charge in [-0.1, -0.05) is 65.9 Å². The fourth-order valence-electron chi connectivity index (χ4n) is 3.20. The number of carbonyl (C=O) groups excluding carboxylic acids is 1. The number of hydrogen-bond donors (Lipinski definition) is 0. The van der Waals surface area contributed by atoms with E-state index in [1.165, 1.54) is 16.7 Å². The zero-order valence-electron chi connectivity index (χ0n) is 17.7. The first kappa shape index (κ1) is 23.2. The van der Waals surface area contributed by atoms with Crippen LogP contribution in [0.4, 0.5) is 5.69 Å². The van der Waals surface area contributed by atoms with E-state index in [1.54, 1.807) is 31.4 Å². The first-order valence-corrected chi connectivity index (χ1v) is 11.7. The molecule has 0 aliphatic carbocycles. The summed E-state index contributed by atoms with van der Waals surface area (Å²) in [7, 11) is 1.60. The highest BCUT2D eigenvalue weighted by Gasteiger charge is 2.33.